The Morgan fingerprint density at radius 3 is 2.61 bits per heavy atom. The lowest BCUT2D eigenvalue weighted by molar-refractivity contribution is -0.137. The van der Waals surface area contributed by atoms with Crippen molar-refractivity contribution in [2.75, 3.05) is 5.32 Å². The molecule has 0 aliphatic carbocycles. The van der Waals surface area contributed by atoms with Gasteiger partial charge < -0.3 is 9.88 Å². The summed E-state index contributed by atoms with van der Waals surface area (Å²) in [6.45, 7) is 0.941. The van der Waals surface area contributed by atoms with Crippen molar-refractivity contribution in [1.29, 1.82) is 0 Å². The molecule has 168 valence electrons. The van der Waals surface area contributed by atoms with Crippen molar-refractivity contribution in [1.82, 2.24) is 24.5 Å². The quantitative estimate of drug-likeness (QED) is 0.485. The van der Waals surface area contributed by atoms with Gasteiger partial charge in [-0.2, -0.15) is 13.2 Å². The van der Waals surface area contributed by atoms with Gasteiger partial charge in [0.1, 0.15) is 5.82 Å². The second-order valence-corrected chi connectivity index (χ2v) is 7.78. The number of carbonyl (C=O) groups excluding carboxylic acids is 1. The second-order valence-electron chi connectivity index (χ2n) is 7.78. The number of carbonyl (C=O) groups is 1. The SMILES string of the molecule is O=C(Nc1ccc(-c2ncc3n2CCCC3)cc1)c1cn(-c2ccccc2C(F)(F)F)nn1. The third-order valence-corrected chi connectivity index (χ3v) is 5.59. The third kappa shape index (κ3) is 4.11. The summed E-state index contributed by atoms with van der Waals surface area (Å²) in [5, 5.41) is 10.1. The summed E-state index contributed by atoms with van der Waals surface area (Å²) in [5.74, 6) is 0.325. The zero-order valence-corrected chi connectivity index (χ0v) is 17.4. The topological polar surface area (TPSA) is 77.6 Å². The summed E-state index contributed by atoms with van der Waals surface area (Å²) in [6, 6.07) is 12.2. The summed E-state index contributed by atoms with van der Waals surface area (Å²) in [5.41, 5.74) is 1.53. The zero-order chi connectivity index (χ0) is 23.0. The van der Waals surface area contributed by atoms with Crippen LogP contribution in [0.1, 0.15) is 34.6 Å². The highest BCUT2D eigenvalue weighted by Gasteiger charge is 2.34. The first-order valence-electron chi connectivity index (χ1n) is 10.5. The minimum absolute atomic E-state index is 0.0987. The van der Waals surface area contributed by atoms with Gasteiger partial charge in [0, 0.05) is 29.7 Å². The van der Waals surface area contributed by atoms with Crippen LogP contribution >= 0.6 is 0 Å². The van der Waals surface area contributed by atoms with E-state index in [1.165, 1.54) is 36.5 Å². The molecule has 2 aromatic carbocycles. The fraction of sp³-hybridized carbons (Fsp3) is 0.217. The van der Waals surface area contributed by atoms with Gasteiger partial charge in [-0.15, -0.1) is 5.10 Å². The first-order valence-corrected chi connectivity index (χ1v) is 10.5. The monoisotopic (exact) mass is 452 g/mol. The maximum atomic E-state index is 13.3. The molecule has 0 unspecified atom stereocenters. The maximum Gasteiger partial charge on any atom is 0.418 e. The molecule has 0 atom stereocenters. The molecule has 0 bridgehead atoms. The lowest BCUT2D eigenvalue weighted by Gasteiger charge is -2.16. The first-order chi connectivity index (χ1) is 15.9. The van der Waals surface area contributed by atoms with E-state index in [0.717, 1.165) is 41.5 Å². The molecule has 5 rings (SSSR count). The minimum Gasteiger partial charge on any atom is -0.328 e. The summed E-state index contributed by atoms with van der Waals surface area (Å²) in [4.78, 5) is 17.1. The van der Waals surface area contributed by atoms with Gasteiger partial charge in [0.25, 0.3) is 5.91 Å². The third-order valence-electron chi connectivity index (χ3n) is 5.59. The highest BCUT2D eigenvalue weighted by atomic mass is 19.4. The first kappa shape index (κ1) is 20.9. The molecule has 0 radical (unpaired) electrons. The zero-order valence-electron chi connectivity index (χ0n) is 17.4. The van der Waals surface area contributed by atoms with Gasteiger partial charge in [-0.3, -0.25) is 4.79 Å². The summed E-state index contributed by atoms with van der Waals surface area (Å²) < 4.78 is 43.0. The van der Waals surface area contributed by atoms with Gasteiger partial charge in [0.05, 0.1) is 17.4 Å². The largest absolute Gasteiger partial charge is 0.418 e. The van der Waals surface area contributed by atoms with Gasteiger partial charge in [-0.1, -0.05) is 17.3 Å². The number of hydrogen-bond donors (Lipinski definition) is 1. The van der Waals surface area contributed by atoms with Crippen LogP contribution in [0.3, 0.4) is 0 Å². The van der Waals surface area contributed by atoms with Crippen molar-refractivity contribution in [2.24, 2.45) is 0 Å². The van der Waals surface area contributed by atoms with E-state index < -0.39 is 17.6 Å². The number of aryl methyl sites for hydroxylation is 1. The highest BCUT2D eigenvalue weighted by Crippen LogP contribution is 2.33. The standard InChI is InChI=1S/C23H19F3N6O/c24-23(25,26)18-6-1-2-7-20(18)32-14-19(29-30-32)22(33)28-16-10-8-15(9-11-16)21-27-13-17-5-3-4-12-31(17)21/h1-2,6-11,13-14H,3-5,12H2,(H,28,33). The number of halogens is 3. The van der Waals surface area contributed by atoms with Crippen LogP contribution in [-0.4, -0.2) is 30.5 Å². The fourth-order valence-corrected chi connectivity index (χ4v) is 3.96. The van der Waals surface area contributed by atoms with Crippen LogP contribution in [0.25, 0.3) is 17.1 Å². The molecule has 7 nitrogen and oxygen atoms in total. The summed E-state index contributed by atoms with van der Waals surface area (Å²) in [6.07, 6.45) is 1.84. The number of anilines is 1. The Balaban J connectivity index is 1.32. The van der Waals surface area contributed by atoms with Crippen molar-refractivity contribution in [3.8, 4) is 17.1 Å². The molecule has 1 aliphatic rings. The predicted octanol–water partition coefficient (Wildman–Crippen LogP) is 4.74. The van der Waals surface area contributed by atoms with Gasteiger partial charge in [0.15, 0.2) is 5.69 Å². The molecular weight excluding hydrogens is 433 g/mol. The molecular formula is C23H19F3N6O. The van der Waals surface area contributed by atoms with E-state index in [1.54, 1.807) is 12.1 Å². The number of benzene rings is 2. The molecule has 10 heteroatoms. The fourth-order valence-electron chi connectivity index (χ4n) is 3.96. The van der Waals surface area contributed by atoms with Gasteiger partial charge >= 0.3 is 6.18 Å². The molecule has 0 saturated heterocycles. The van der Waals surface area contributed by atoms with Gasteiger partial charge in [-0.25, -0.2) is 9.67 Å². The van der Waals surface area contributed by atoms with Crippen molar-refractivity contribution in [3.63, 3.8) is 0 Å². The van der Waals surface area contributed by atoms with Crippen molar-refractivity contribution < 1.29 is 18.0 Å². The van der Waals surface area contributed by atoms with Crippen LogP contribution in [0.15, 0.2) is 60.9 Å². The Bertz CT molecular complexity index is 1310. The van der Waals surface area contributed by atoms with E-state index in [2.05, 4.69) is 25.2 Å². The minimum atomic E-state index is -4.55. The average molecular weight is 452 g/mol. The van der Waals surface area contributed by atoms with E-state index in [0.29, 0.717) is 5.69 Å². The molecule has 33 heavy (non-hydrogen) atoms. The van der Waals surface area contributed by atoms with Gasteiger partial charge in [-0.05, 0) is 55.7 Å². The molecule has 1 N–H and O–H groups in total. The van der Waals surface area contributed by atoms with Crippen LogP contribution in [0, 0.1) is 0 Å². The second kappa shape index (κ2) is 8.19. The van der Waals surface area contributed by atoms with E-state index in [4.69, 9.17) is 0 Å². The molecule has 0 saturated carbocycles. The average Bonchev–Trinajstić information content (AvgIpc) is 3.47. The van der Waals surface area contributed by atoms with E-state index >= 15 is 0 Å². The van der Waals surface area contributed by atoms with Crippen molar-refractivity contribution in [3.05, 3.63) is 77.9 Å². The van der Waals surface area contributed by atoms with Gasteiger partial charge in [0.2, 0.25) is 0 Å². The van der Waals surface area contributed by atoms with Crippen molar-refractivity contribution >= 4 is 11.6 Å². The number of amides is 1. The number of nitrogens with zero attached hydrogens (tertiary/aromatic N) is 5. The molecule has 3 heterocycles. The smallest absolute Gasteiger partial charge is 0.328 e. The van der Waals surface area contributed by atoms with E-state index in [9.17, 15) is 18.0 Å². The van der Waals surface area contributed by atoms with E-state index in [-0.39, 0.29) is 11.4 Å². The lowest BCUT2D eigenvalue weighted by Crippen LogP contribution is -2.13. The Hall–Kier alpha value is -3.95. The Morgan fingerprint density at radius 1 is 1.03 bits per heavy atom. The molecule has 4 aromatic rings. The lowest BCUT2D eigenvalue weighted by atomic mass is 10.1. The number of alkyl halides is 3. The Morgan fingerprint density at radius 2 is 1.82 bits per heavy atom. The van der Waals surface area contributed by atoms with Crippen LogP contribution in [0.2, 0.25) is 0 Å². The molecule has 1 amide bonds. The maximum absolute atomic E-state index is 13.3. The van der Waals surface area contributed by atoms with Crippen LogP contribution in [-0.2, 0) is 19.1 Å². The summed E-state index contributed by atoms with van der Waals surface area (Å²) in [7, 11) is 0. The number of hydrogen-bond acceptors (Lipinski definition) is 4. The normalized spacial score (nSPS) is 13.5. The highest BCUT2D eigenvalue weighted by molar-refractivity contribution is 6.02. The Kier molecular flexibility index (Phi) is 5.20. The number of nitrogens with one attached hydrogen (secondary N) is 1. The number of fused-ring (bicyclic) bond motifs is 1. The van der Waals surface area contributed by atoms with Crippen molar-refractivity contribution in [2.45, 2.75) is 32.0 Å². The van der Waals surface area contributed by atoms with Crippen LogP contribution < -0.4 is 5.32 Å². The molecule has 2 aromatic heterocycles. The molecule has 0 spiro atoms. The van der Waals surface area contributed by atoms with E-state index in [1.807, 2.05) is 18.3 Å². The summed E-state index contributed by atoms with van der Waals surface area (Å²) >= 11 is 0. The molecule has 1 aliphatic heterocycles. The molecule has 0 fully saturated rings. The number of rotatable bonds is 4. The number of imidazole rings is 1. The van der Waals surface area contributed by atoms with Crippen LogP contribution in [0.4, 0.5) is 18.9 Å². The van der Waals surface area contributed by atoms with Crippen LogP contribution in [0.5, 0.6) is 0 Å². The number of para-hydroxylation sites is 1. The predicted molar refractivity (Wildman–Crippen MR) is 115 cm³/mol. The Labute approximate surface area is 186 Å². The number of aromatic nitrogens is 5.